The molecule has 6 heteroatoms. The van der Waals surface area contributed by atoms with Gasteiger partial charge in [0.05, 0.1) is 29.8 Å². The molecule has 0 bridgehead atoms. The first-order chi connectivity index (χ1) is 11.6. The van der Waals surface area contributed by atoms with E-state index in [4.69, 9.17) is 33.2 Å². The van der Waals surface area contributed by atoms with Crippen LogP contribution in [0.4, 0.5) is 0 Å². The van der Waals surface area contributed by atoms with E-state index in [1.165, 1.54) is 0 Å². The van der Waals surface area contributed by atoms with E-state index in [1.807, 2.05) is 24.3 Å². The van der Waals surface area contributed by atoms with Crippen molar-refractivity contribution in [2.75, 3.05) is 13.7 Å². The molecule has 0 saturated carbocycles. The summed E-state index contributed by atoms with van der Waals surface area (Å²) >= 11 is 12.7. The zero-order valence-corrected chi connectivity index (χ0v) is 14.5. The Morgan fingerprint density at radius 2 is 1.83 bits per heavy atom. The fourth-order valence-corrected chi connectivity index (χ4v) is 3.76. The molecule has 1 heterocycles. The van der Waals surface area contributed by atoms with Crippen LogP contribution in [0.25, 0.3) is 11.1 Å². The second-order valence-electron chi connectivity index (χ2n) is 5.68. The van der Waals surface area contributed by atoms with Crippen molar-refractivity contribution < 1.29 is 9.84 Å². The molecule has 0 radical (unpaired) electrons. The topological polar surface area (TPSA) is 65.3 Å². The predicted octanol–water partition coefficient (Wildman–Crippen LogP) is 3.61. The van der Waals surface area contributed by atoms with E-state index >= 15 is 0 Å². The summed E-state index contributed by atoms with van der Waals surface area (Å²) in [6, 6.07) is 13.0. The Labute approximate surface area is 150 Å². The van der Waals surface area contributed by atoms with E-state index in [0.29, 0.717) is 15.8 Å². The highest BCUT2D eigenvalue weighted by Gasteiger charge is 2.41. The number of nitriles is 1. The smallest absolute Gasteiger partial charge is 0.121 e. The van der Waals surface area contributed by atoms with Crippen LogP contribution in [0.15, 0.2) is 36.4 Å². The van der Waals surface area contributed by atoms with Crippen molar-refractivity contribution in [1.29, 1.82) is 5.26 Å². The van der Waals surface area contributed by atoms with Gasteiger partial charge in [-0.25, -0.2) is 0 Å². The molecule has 2 N–H and O–H groups in total. The molecule has 3 rings (SSSR count). The van der Waals surface area contributed by atoms with E-state index < -0.39 is 0 Å². The van der Waals surface area contributed by atoms with Crippen LogP contribution in [0.1, 0.15) is 11.5 Å². The molecular weight excluding hydrogens is 347 g/mol. The Bertz CT molecular complexity index is 764. The number of nitrogens with zero attached hydrogens (tertiary/aromatic N) is 1. The summed E-state index contributed by atoms with van der Waals surface area (Å²) in [5.74, 6) is 0.587. The Hall–Kier alpha value is -1.77. The maximum Gasteiger partial charge on any atom is 0.121 e. The summed E-state index contributed by atoms with van der Waals surface area (Å²) in [6.07, 6.45) is 0. The van der Waals surface area contributed by atoms with Crippen molar-refractivity contribution in [3.63, 3.8) is 0 Å². The van der Waals surface area contributed by atoms with Gasteiger partial charge >= 0.3 is 0 Å². The predicted molar refractivity (Wildman–Crippen MR) is 94.6 cm³/mol. The fraction of sp³-hybridized carbons (Fsp3) is 0.278. The van der Waals surface area contributed by atoms with Crippen molar-refractivity contribution in [2.24, 2.45) is 0 Å². The third-order valence-electron chi connectivity index (χ3n) is 4.36. The van der Waals surface area contributed by atoms with Gasteiger partial charge < -0.3 is 9.84 Å². The largest absolute Gasteiger partial charge is 0.497 e. The summed E-state index contributed by atoms with van der Waals surface area (Å²) in [5.41, 5.74) is 2.63. The summed E-state index contributed by atoms with van der Waals surface area (Å²) in [7, 11) is 1.56. The quantitative estimate of drug-likeness (QED) is 0.871. The van der Waals surface area contributed by atoms with Gasteiger partial charge in [0.25, 0.3) is 0 Å². The fourth-order valence-electron chi connectivity index (χ4n) is 3.08. The van der Waals surface area contributed by atoms with E-state index in [9.17, 15) is 5.11 Å². The first-order valence-corrected chi connectivity index (χ1v) is 8.24. The van der Waals surface area contributed by atoms with Crippen molar-refractivity contribution in [2.45, 2.75) is 18.0 Å². The maximum atomic E-state index is 9.37. The molecule has 2 aromatic carbocycles. The highest BCUT2D eigenvalue weighted by Crippen LogP contribution is 2.39. The number of aliphatic hydroxyl groups is 1. The second kappa shape index (κ2) is 7.00. The lowest BCUT2D eigenvalue weighted by molar-refractivity contribution is 0.151. The van der Waals surface area contributed by atoms with Gasteiger partial charge in [-0.05, 0) is 23.3 Å². The average molecular weight is 363 g/mol. The number of benzene rings is 2. The SMILES string of the molecule is COc1cc(Cl)c(-c2ccc([C@H]3[C@H](C#N)N[C@H]3CO)cc2)c(Cl)c1. The van der Waals surface area contributed by atoms with Gasteiger partial charge in [0.1, 0.15) is 11.8 Å². The number of nitrogens with one attached hydrogen (secondary N) is 1. The van der Waals surface area contributed by atoms with E-state index in [1.54, 1.807) is 19.2 Å². The molecule has 124 valence electrons. The first kappa shape index (κ1) is 17.1. The highest BCUT2D eigenvalue weighted by molar-refractivity contribution is 6.39. The molecule has 0 unspecified atom stereocenters. The first-order valence-electron chi connectivity index (χ1n) is 7.49. The lowest BCUT2D eigenvalue weighted by Crippen LogP contribution is -2.60. The standard InChI is InChI=1S/C18H16Cl2N2O2/c1-24-12-6-13(19)17(14(20)7-12)10-2-4-11(5-3-10)18-15(8-21)22-16(18)9-23/h2-7,15-16,18,22-23H,9H2,1H3/t15-,16-,18-/m0/s1. The number of halogens is 2. The molecule has 1 saturated heterocycles. The molecule has 0 aliphatic carbocycles. The average Bonchev–Trinajstić information content (AvgIpc) is 2.55. The van der Waals surface area contributed by atoms with Crippen molar-refractivity contribution >= 4 is 23.2 Å². The molecule has 0 spiro atoms. The normalized spacial score (nSPS) is 22.5. The van der Waals surface area contributed by atoms with Crippen LogP contribution >= 0.6 is 23.2 Å². The molecule has 0 aromatic heterocycles. The summed E-state index contributed by atoms with van der Waals surface area (Å²) in [4.78, 5) is 0. The number of hydrogen-bond acceptors (Lipinski definition) is 4. The third-order valence-corrected chi connectivity index (χ3v) is 4.95. The lowest BCUT2D eigenvalue weighted by atomic mass is 9.78. The van der Waals surface area contributed by atoms with Crippen LogP contribution in [-0.4, -0.2) is 30.9 Å². The van der Waals surface area contributed by atoms with Gasteiger partial charge in [-0.2, -0.15) is 5.26 Å². The van der Waals surface area contributed by atoms with Crippen LogP contribution in [0, 0.1) is 11.3 Å². The Morgan fingerprint density at radius 1 is 1.21 bits per heavy atom. The molecule has 1 aliphatic rings. The minimum Gasteiger partial charge on any atom is -0.497 e. The summed E-state index contributed by atoms with van der Waals surface area (Å²) in [6.45, 7) is 0.000728. The van der Waals surface area contributed by atoms with Crippen LogP contribution < -0.4 is 10.1 Å². The van der Waals surface area contributed by atoms with Crippen molar-refractivity contribution in [1.82, 2.24) is 5.32 Å². The minimum atomic E-state index is -0.277. The Balaban J connectivity index is 1.92. The molecule has 0 amide bonds. The molecule has 3 atom stereocenters. The second-order valence-corrected chi connectivity index (χ2v) is 6.49. The Kier molecular flexibility index (Phi) is 4.98. The van der Waals surface area contributed by atoms with Crippen LogP contribution in [0.5, 0.6) is 5.75 Å². The summed E-state index contributed by atoms with van der Waals surface area (Å²) in [5, 5.41) is 22.6. The lowest BCUT2D eigenvalue weighted by Gasteiger charge is -2.42. The zero-order valence-electron chi connectivity index (χ0n) is 13.0. The van der Waals surface area contributed by atoms with Crippen molar-refractivity contribution in [3.8, 4) is 22.9 Å². The maximum absolute atomic E-state index is 9.37. The number of methoxy groups -OCH3 is 1. The highest BCUT2D eigenvalue weighted by atomic mass is 35.5. The van der Waals surface area contributed by atoms with Crippen LogP contribution in [-0.2, 0) is 0 Å². The number of rotatable bonds is 4. The molecule has 4 nitrogen and oxygen atoms in total. The molecule has 2 aromatic rings. The molecule has 1 aliphatic heterocycles. The van der Waals surface area contributed by atoms with Gasteiger partial charge in [0.2, 0.25) is 0 Å². The van der Waals surface area contributed by atoms with Gasteiger partial charge in [-0.3, -0.25) is 5.32 Å². The number of aliphatic hydroxyl groups excluding tert-OH is 1. The van der Waals surface area contributed by atoms with E-state index in [0.717, 1.165) is 16.7 Å². The summed E-state index contributed by atoms with van der Waals surface area (Å²) < 4.78 is 5.16. The monoisotopic (exact) mass is 362 g/mol. The molecule has 24 heavy (non-hydrogen) atoms. The van der Waals surface area contributed by atoms with E-state index in [2.05, 4.69) is 11.4 Å². The van der Waals surface area contributed by atoms with Gasteiger partial charge in [0.15, 0.2) is 0 Å². The minimum absolute atomic E-state index is 0.000728. The van der Waals surface area contributed by atoms with Gasteiger partial charge in [0, 0.05) is 17.5 Å². The van der Waals surface area contributed by atoms with Crippen molar-refractivity contribution in [3.05, 3.63) is 52.0 Å². The zero-order chi connectivity index (χ0) is 17.3. The molecular formula is C18H16Cl2N2O2. The third kappa shape index (κ3) is 2.97. The number of ether oxygens (including phenoxy) is 1. The molecule has 1 fully saturated rings. The van der Waals surface area contributed by atoms with Gasteiger partial charge in [-0.1, -0.05) is 47.5 Å². The van der Waals surface area contributed by atoms with Crippen LogP contribution in [0.2, 0.25) is 10.0 Å². The number of hydrogen-bond donors (Lipinski definition) is 2. The van der Waals surface area contributed by atoms with Crippen LogP contribution in [0.3, 0.4) is 0 Å². The van der Waals surface area contributed by atoms with E-state index in [-0.39, 0.29) is 24.6 Å². The van der Waals surface area contributed by atoms with Gasteiger partial charge in [-0.15, -0.1) is 0 Å². The Morgan fingerprint density at radius 3 is 2.33 bits per heavy atom.